The van der Waals surface area contributed by atoms with Crippen molar-refractivity contribution < 1.29 is 4.42 Å². The lowest BCUT2D eigenvalue weighted by Crippen LogP contribution is -2.12. The second kappa shape index (κ2) is 3.13. The summed E-state index contributed by atoms with van der Waals surface area (Å²) in [7, 11) is 0. The molecule has 3 heteroatoms. The summed E-state index contributed by atoms with van der Waals surface area (Å²) in [6, 6.07) is 0. The van der Waals surface area contributed by atoms with E-state index in [2.05, 4.69) is 4.98 Å². The monoisotopic (exact) mass is 183 g/mol. The molecule has 1 aliphatic carbocycles. The Balaban J connectivity index is 2.02. The number of aryl methyl sites for hydroxylation is 2. The molecule has 0 unspecified atom stereocenters. The highest BCUT2D eigenvalue weighted by molar-refractivity contribution is 7.99. The number of rotatable bonds is 2. The first-order chi connectivity index (χ1) is 5.75. The molecule has 1 aromatic rings. The highest BCUT2D eigenvalue weighted by atomic mass is 32.2. The van der Waals surface area contributed by atoms with E-state index in [0.717, 1.165) is 21.9 Å². The molecule has 2 nitrogen and oxygen atoms in total. The second-order valence-electron chi connectivity index (χ2n) is 3.29. The molecular weight excluding hydrogens is 170 g/mol. The summed E-state index contributed by atoms with van der Waals surface area (Å²) < 4.78 is 5.47. The highest BCUT2D eigenvalue weighted by Crippen LogP contribution is 2.36. The van der Waals surface area contributed by atoms with E-state index in [-0.39, 0.29) is 0 Å². The van der Waals surface area contributed by atoms with Crippen LogP contribution in [0, 0.1) is 13.8 Å². The van der Waals surface area contributed by atoms with Crippen molar-refractivity contribution in [3.63, 3.8) is 0 Å². The van der Waals surface area contributed by atoms with Gasteiger partial charge in [-0.25, -0.2) is 4.98 Å². The summed E-state index contributed by atoms with van der Waals surface area (Å²) in [4.78, 5) is 4.33. The van der Waals surface area contributed by atoms with E-state index in [4.69, 9.17) is 4.42 Å². The summed E-state index contributed by atoms with van der Waals surface area (Å²) in [6.45, 7) is 3.96. The number of hydrogen-bond acceptors (Lipinski definition) is 3. The Morgan fingerprint density at radius 1 is 1.42 bits per heavy atom. The Kier molecular flexibility index (Phi) is 2.13. The minimum Gasteiger partial charge on any atom is -0.437 e. The Bertz CT molecular complexity index is 259. The summed E-state index contributed by atoms with van der Waals surface area (Å²) in [5, 5.41) is 1.62. The standard InChI is InChI=1S/C9H13NOS/c1-6-7(2)11-9(10-6)12-8-4-3-5-8/h8H,3-5H2,1-2H3. The van der Waals surface area contributed by atoms with Crippen LogP contribution in [-0.4, -0.2) is 10.2 Å². The molecule has 0 aromatic carbocycles. The third-order valence-corrected chi connectivity index (χ3v) is 3.51. The number of aromatic nitrogens is 1. The topological polar surface area (TPSA) is 26.0 Å². The lowest BCUT2D eigenvalue weighted by atomic mass is 10.0. The van der Waals surface area contributed by atoms with Crippen molar-refractivity contribution >= 4 is 11.8 Å². The smallest absolute Gasteiger partial charge is 0.256 e. The van der Waals surface area contributed by atoms with Crippen LogP contribution in [-0.2, 0) is 0 Å². The van der Waals surface area contributed by atoms with Gasteiger partial charge in [-0.2, -0.15) is 0 Å². The molecule has 0 radical (unpaired) electrons. The molecule has 2 rings (SSSR count). The zero-order chi connectivity index (χ0) is 8.55. The van der Waals surface area contributed by atoms with Crippen LogP contribution in [0.4, 0.5) is 0 Å². The zero-order valence-corrected chi connectivity index (χ0v) is 8.28. The van der Waals surface area contributed by atoms with E-state index in [1.54, 1.807) is 11.8 Å². The molecular formula is C9H13NOS. The van der Waals surface area contributed by atoms with Gasteiger partial charge in [-0.15, -0.1) is 0 Å². The molecule has 0 amide bonds. The summed E-state index contributed by atoms with van der Waals surface area (Å²) >= 11 is 1.79. The third kappa shape index (κ3) is 1.51. The molecule has 0 N–H and O–H groups in total. The molecule has 0 bridgehead atoms. The summed E-state index contributed by atoms with van der Waals surface area (Å²) in [5.41, 5.74) is 1.02. The van der Waals surface area contributed by atoms with Crippen molar-refractivity contribution in [2.45, 2.75) is 43.6 Å². The van der Waals surface area contributed by atoms with Crippen LogP contribution >= 0.6 is 11.8 Å². The Hall–Kier alpha value is -0.440. The van der Waals surface area contributed by atoms with Crippen LogP contribution in [0.1, 0.15) is 30.7 Å². The lowest BCUT2D eigenvalue weighted by Gasteiger charge is -2.22. The Labute approximate surface area is 76.8 Å². The van der Waals surface area contributed by atoms with Crippen molar-refractivity contribution in [1.29, 1.82) is 0 Å². The Morgan fingerprint density at radius 3 is 2.58 bits per heavy atom. The molecule has 0 aliphatic heterocycles. The summed E-state index contributed by atoms with van der Waals surface area (Å²) in [6.07, 6.45) is 4.02. The van der Waals surface area contributed by atoms with Gasteiger partial charge in [-0.05, 0) is 26.7 Å². The predicted molar refractivity (Wildman–Crippen MR) is 49.5 cm³/mol. The van der Waals surface area contributed by atoms with Crippen LogP contribution in [0.5, 0.6) is 0 Å². The quantitative estimate of drug-likeness (QED) is 0.705. The molecule has 1 heterocycles. The van der Waals surface area contributed by atoms with Gasteiger partial charge in [0.2, 0.25) is 0 Å². The minimum absolute atomic E-state index is 0.766. The number of nitrogens with zero attached hydrogens (tertiary/aromatic N) is 1. The maximum atomic E-state index is 5.47. The molecule has 0 spiro atoms. The van der Waals surface area contributed by atoms with Gasteiger partial charge >= 0.3 is 0 Å². The first kappa shape index (κ1) is 8.17. The van der Waals surface area contributed by atoms with E-state index in [1.165, 1.54) is 19.3 Å². The fraction of sp³-hybridized carbons (Fsp3) is 0.667. The van der Waals surface area contributed by atoms with Gasteiger partial charge in [0.15, 0.2) is 0 Å². The molecule has 1 aliphatic rings. The number of hydrogen-bond donors (Lipinski definition) is 0. The average Bonchev–Trinajstić information content (AvgIpc) is 2.24. The van der Waals surface area contributed by atoms with Gasteiger partial charge in [-0.3, -0.25) is 0 Å². The molecule has 1 fully saturated rings. The fourth-order valence-corrected chi connectivity index (χ4v) is 2.34. The average molecular weight is 183 g/mol. The fourth-order valence-electron chi connectivity index (χ4n) is 1.12. The van der Waals surface area contributed by atoms with E-state index in [1.807, 2.05) is 13.8 Å². The largest absolute Gasteiger partial charge is 0.437 e. The lowest BCUT2D eigenvalue weighted by molar-refractivity contribution is 0.425. The van der Waals surface area contributed by atoms with Gasteiger partial charge in [0.1, 0.15) is 5.76 Å². The van der Waals surface area contributed by atoms with Crippen molar-refractivity contribution in [1.82, 2.24) is 4.98 Å². The van der Waals surface area contributed by atoms with Crippen molar-refractivity contribution in [2.24, 2.45) is 0 Å². The van der Waals surface area contributed by atoms with Crippen LogP contribution in [0.2, 0.25) is 0 Å². The third-order valence-electron chi connectivity index (χ3n) is 2.33. The van der Waals surface area contributed by atoms with Crippen LogP contribution in [0.15, 0.2) is 9.64 Å². The highest BCUT2D eigenvalue weighted by Gasteiger charge is 2.21. The van der Waals surface area contributed by atoms with Crippen LogP contribution < -0.4 is 0 Å². The maximum absolute atomic E-state index is 5.47. The first-order valence-electron chi connectivity index (χ1n) is 4.36. The molecule has 66 valence electrons. The first-order valence-corrected chi connectivity index (χ1v) is 5.24. The second-order valence-corrected chi connectivity index (χ2v) is 4.54. The minimum atomic E-state index is 0.766. The predicted octanol–water partition coefficient (Wildman–Crippen LogP) is 2.94. The van der Waals surface area contributed by atoms with Crippen LogP contribution in [0.25, 0.3) is 0 Å². The molecule has 0 atom stereocenters. The summed E-state index contributed by atoms with van der Waals surface area (Å²) in [5.74, 6) is 0.955. The van der Waals surface area contributed by atoms with Crippen molar-refractivity contribution in [3.8, 4) is 0 Å². The molecule has 0 saturated heterocycles. The van der Waals surface area contributed by atoms with Crippen molar-refractivity contribution in [2.75, 3.05) is 0 Å². The van der Waals surface area contributed by atoms with Gasteiger partial charge in [0, 0.05) is 5.25 Å². The van der Waals surface area contributed by atoms with Crippen LogP contribution in [0.3, 0.4) is 0 Å². The van der Waals surface area contributed by atoms with Gasteiger partial charge in [0.25, 0.3) is 5.22 Å². The zero-order valence-electron chi connectivity index (χ0n) is 7.46. The number of thioether (sulfide) groups is 1. The van der Waals surface area contributed by atoms with Gasteiger partial charge in [-0.1, -0.05) is 18.2 Å². The normalized spacial score (nSPS) is 17.8. The Morgan fingerprint density at radius 2 is 2.17 bits per heavy atom. The van der Waals surface area contributed by atoms with E-state index >= 15 is 0 Å². The van der Waals surface area contributed by atoms with Gasteiger partial charge in [0.05, 0.1) is 5.69 Å². The molecule has 1 aromatic heterocycles. The van der Waals surface area contributed by atoms with E-state index in [0.29, 0.717) is 0 Å². The van der Waals surface area contributed by atoms with E-state index < -0.39 is 0 Å². The SMILES string of the molecule is Cc1nc(SC2CCC2)oc1C. The van der Waals surface area contributed by atoms with E-state index in [9.17, 15) is 0 Å². The van der Waals surface area contributed by atoms with Crippen molar-refractivity contribution in [3.05, 3.63) is 11.5 Å². The van der Waals surface area contributed by atoms with Gasteiger partial charge < -0.3 is 4.42 Å². The number of oxazole rings is 1. The molecule has 12 heavy (non-hydrogen) atoms. The maximum Gasteiger partial charge on any atom is 0.256 e. The molecule has 1 saturated carbocycles.